The number of ether oxygens (including phenoxy) is 2. The fourth-order valence-corrected chi connectivity index (χ4v) is 4.15. The topological polar surface area (TPSA) is 102 Å². The second kappa shape index (κ2) is 9.52. The number of sulfone groups is 1. The first-order valence-electron chi connectivity index (χ1n) is 9.21. The van der Waals surface area contributed by atoms with Gasteiger partial charge < -0.3 is 19.9 Å². The molecule has 1 fully saturated rings. The molecule has 0 atom stereocenters. The van der Waals surface area contributed by atoms with Crippen LogP contribution in [0, 0.1) is 5.41 Å². The van der Waals surface area contributed by atoms with E-state index in [4.69, 9.17) is 9.47 Å². The Kier molecular flexibility index (Phi) is 7.64. The van der Waals surface area contributed by atoms with Crippen LogP contribution in [0.4, 0.5) is 0 Å². The molecule has 1 aromatic rings. The van der Waals surface area contributed by atoms with E-state index in [1.54, 1.807) is 12.1 Å². The van der Waals surface area contributed by atoms with Gasteiger partial charge in [0.2, 0.25) is 5.91 Å². The zero-order valence-electron chi connectivity index (χ0n) is 15.9. The number of carbonyl (C=O) groups excluding carboxylic acids is 1. The van der Waals surface area contributed by atoms with Gasteiger partial charge in [-0.3, -0.25) is 4.79 Å². The molecule has 1 aliphatic rings. The number of hydrogen-bond donors (Lipinski definition) is 2. The first-order valence-corrected chi connectivity index (χ1v) is 10.9. The highest BCUT2D eigenvalue weighted by Crippen LogP contribution is 2.29. The molecule has 0 bridgehead atoms. The van der Waals surface area contributed by atoms with Gasteiger partial charge in [0.25, 0.3) is 0 Å². The molecule has 27 heavy (non-hydrogen) atoms. The van der Waals surface area contributed by atoms with Crippen LogP contribution in [-0.2, 0) is 19.4 Å². The zero-order valence-corrected chi connectivity index (χ0v) is 16.8. The lowest BCUT2D eigenvalue weighted by Gasteiger charge is -2.35. The highest BCUT2D eigenvalue weighted by Gasteiger charge is 2.32. The number of aliphatic hydroxyl groups excluding tert-OH is 1. The third kappa shape index (κ3) is 6.48. The smallest absolute Gasteiger partial charge is 0.221 e. The summed E-state index contributed by atoms with van der Waals surface area (Å²) in [6.07, 6.45) is 1.23. The number of benzene rings is 1. The maximum absolute atomic E-state index is 12.4. The normalized spacial score (nSPS) is 16.9. The third-order valence-corrected chi connectivity index (χ3v) is 6.43. The first-order chi connectivity index (χ1) is 12.8. The summed E-state index contributed by atoms with van der Waals surface area (Å²) >= 11 is 0. The molecule has 0 aromatic heterocycles. The third-order valence-electron chi connectivity index (χ3n) is 4.70. The number of nitrogens with one attached hydrogen (secondary N) is 1. The van der Waals surface area contributed by atoms with Gasteiger partial charge in [0.05, 0.1) is 23.4 Å². The van der Waals surface area contributed by atoms with Crippen molar-refractivity contribution in [2.75, 3.05) is 32.1 Å². The number of carbonyl (C=O) groups is 1. The minimum Gasteiger partial charge on any atom is -0.491 e. The fraction of sp³-hybridized carbons (Fsp3) is 0.632. The maximum Gasteiger partial charge on any atom is 0.221 e. The number of aliphatic hydroxyl groups is 1. The molecule has 0 saturated carbocycles. The number of amides is 1. The number of rotatable bonds is 9. The van der Waals surface area contributed by atoms with E-state index in [1.165, 1.54) is 12.1 Å². The van der Waals surface area contributed by atoms with Crippen molar-refractivity contribution in [3.05, 3.63) is 24.3 Å². The lowest BCUT2D eigenvalue weighted by Crippen LogP contribution is -2.44. The predicted octanol–water partition coefficient (Wildman–Crippen LogP) is 1.54. The lowest BCUT2D eigenvalue weighted by molar-refractivity contribution is -0.122. The van der Waals surface area contributed by atoms with Gasteiger partial charge >= 0.3 is 0 Å². The van der Waals surface area contributed by atoms with Crippen LogP contribution in [0.2, 0.25) is 0 Å². The average molecular weight is 400 g/mol. The number of hydrogen-bond acceptors (Lipinski definition) is 6. The summed E-state index contributed by atoms with van der Waals surface area (Å²) in [6.45, 7) is 5.20. The van der Waals surface area contributed by atoms with Crippen molar-refractivity contribution in [2.45, 2.75) is 44.1 Å². The van der Waals surface area contributed by atoms with Crippen LogP contribution in [0.3, 0.4) is 0 Å². The molecule has 2 rings (SSSR count). The van der Waals surface area contributed by atoms with Crippen molar-refractivity contribution >= 4 is 15.7 Å². The van der Waals surface area contributed by atoms with E-state index in [-0.39, 0.29) is 41.1 Å². The van der Waals surface area contributed by atoms with Crippen molar-refractivity contribution in [2.24, 2.45) is 5.41 Å². The predicted molar refractivity (Wildman–Crippen MR) is 101 cm³/mol. The van der Waals surface area contributed by atoms with Crippen LogP contribution in [-0.4, -0.2) is 57.7 Å². The Hall–Kier alpha value is -1.64. The van der Waals surface area contributed by atoms with Gasteiger partial charge in [-0.1, -0.05) is 0 Å². The zero-order chi connectivity index (χ0) is 19.9. The van der Waals surface area contributed by atoms with Crippen LogP contribution >= 0.6 is 0 Å². The average Bonchev–Trinajstić information content (AvgIpc) is 2.65. The first kappa shape index (κ1) is 21.7. The summed E-state index contributed by atoms with van der Waals surface area (Å²) in [5, 5.41) is 12.4. The molecule has 8 heteroatoms. The Labute approximate surface area is 161 Å². The van der Waals surface area contributed by atoms with Crippen molar-refractivity contribution in [3.63, 3.8) is 0 Å². The summed E-state index contributed by atoms with van der Waals surface area (Å²) in [6, 6.07) is 6.22. The van der Waals surface area contributed by atoms with Crippen molar-refractivity contribution < 1.29 is 27.8 Å². The molecule has 7 nitrogen and oxygen atoms in total. The van der Waals surface area contributed by atoms with Crippen LogP contribution in [0.1, 0.15) is 33.1 Å². The van der Waals surface area contributed by atoms with Gasteiger partial charge in [-0.2, -0.15) is 0 Å². The minimum absolute atomic E-state index is 0.00842. The Balaban J connectivity index is 1.85. The van der Waals surface area contributed by atoms with E-state index >= 15 is 0 Å². The molecular formula is C19H29NO6S. The van der Waals surface area contributed by atoms with Gasteiger partial charge in [-0.05, 0) is 51.0 Å². The van der Waals surface area contributed by atoms with Crippen LogP contribution < -0.4 is 10.1 Å². The monoisotopic (exact) mass is 399 g/mol. The summed E-state index contributed by atoms with van der Waals surface area (Å²) in [7, 11) is -3.55. The van der Waals surface area contributed by atoms with Gasteiger partial charge in [0.15, 0.2) is 9.84 Å². The highest BCUT2D eigenvalue weighted by atomic mass is 32.2. The van der Waals surface area contributed by atoms with E-state index in [2.05, 4.69) is 5.32 Å². The van der Waals surface area contributed by atoms with Crippen molar-refractivity contribution in [3.8, 4) is 5.75 Å². The van der Waals surface area contributed by atoms with E-state index in [0.29, 0.717) is 38.3 Å². The summed E-state index contributed by atoms with van der Waals surface area (Å²) in [4.78, 5) is 12.3. The maximum atomic E-state index is 12.4. The van der Waals surface area contributed by atoms with Gasteiger partial charge in [0, 0.05) is 31.6 Å². The Morgan fingerprint density at radius 2 is 1.89 bits per heavy atom. The van der Waals surface area contributed by atoms with Crippen molar-refractivity contribution in [1.29, 1.82) is 0 Å². The molecule has 0 radical (unpaired) electrons. The molecule has 152 valence electrons. The Bertz CT molecular complexity index is 708. The second-order valence-electron chi connectivity index (χ2n) is 7.25. The molecule has 1 amide bonds. The molecule has 0 spiro atoms. The van der Waals surface area contributed by atoms with Gasteiger partial charge in [-0.25, -0.2) is 8.42 Å². The summed E-state index contributed by atoms with van der Waals surface area (Å²) < 4.78 is 35.6. The van der Waals surface area contributed by atoms with E-state index < -0.39 is 9.84 Å². The molecule has 0 unspecified atom stereocenters. The lowest BCUT2D eigenvalue weighted by atomic mass is 9.81. The SMILES string of the molecule is CC(C)Oc1ccc(S(=O)(=O)CCC(=O)NCC2(CO)CCOCC2)cc1. The molecule has 1 saturated heterocycles. The van der Waals surface area contributed by atoms with E-state index in [9.17, 15) is 18.3 Å². The summed E-state index contributed by atoms with van der Waals surface area (Å²) in [5.41, 5.74) is -0.376. The molecule has 1 heterocycles. The molecule has 1 aromatic carbocycles. The Morgan fingerprint density at radius 3 is 2.44 bits per heavy atom. The highest BCUT2D eigenvalue weighted by molar-refractivity contribution is 7.91. The van der Waals surface area contributed by atoms with Gasteiger partial charge in [-0.15, -0.1) is 0 Å². The largest absolute Gasteiger partial charge is 0.491 e. The minimum atomic E-state index is -3.55. The molecule has 2 N–H and O–H groups in total. The fourth-order valence-electron chi connectivity index (χ4n) is 2.91. The Morgan fingerprint density at radius 1 is 1.26 bits per heavy atom. The standard InChI is InChI=1S/C19H29NO6S/c1-15(2)26-16-3-5-17(6-4-16)27(23,24)12-7-18(22)20-13-19(14-21)8-10-25-11-9-19/h3-6,15,21H,7-14H2,1-2H3,(H,20,22). The second-order valence-corrected chi connectivity index (χ2v) is 9.36. The summed E-state index contributed by atoms with van der Waals surface area (Å²) in [5.74, 6) is 0.00320. The molecule has 0 aliphatic carbocycles. The van der Waals surface area contributed by atoms with E-state index in [1.807, 2.05) is 13.8 Å². The van der Waals surface area contributed by atoms with Gasteiger partial charge in [0.1, 0.15) is 5.75 Å². The van der Waals surface area contributed by atoms with Crippen molar-refractivity contribution in [1.82, 2.24) is 5.32 Å². The quantitative estimate of drug-likeness (QED) is 0.653. The molecule has 1 aliphatic heterocycles. The van der Waals surface area contributed by atoms with Crippen LogP contribution in [0.5, 0.6) is 5.75 Å². The molecular weight excluding hydrogens is 370 g/mol. The van der Waals surface area contributed by atoms with Crippen LogP contribution in [0.15, 0.2) is 29.2 Å². The van der Waals surface area contributed by atoms with Crippen LogP contribution in [0.25, 0.3) is 0 Å². The van der Waals surface area contributed by atoms with E-state index in [0.717, 1.165) is 0 Å².